The normalized spacial score (nSPS) is 18.4. The Labute approximate surface area is 119 Å². The first kappa shape index (κ1) is 14.2. The second-order valence-corrected chi connectivity index (χ2v) is 4.57. The molecule has 1 aliphatic rings. The number of nitriles is 1. The average Bonchev–Trinajstić information content (AvgIpc) is 2.46. The van der Waals surface area contributed by atoms with E-state index in [0.717, 1.165) is 6.07 Å². The number of morpholine rings is 1. The minimum Gasteiger partial charge on any atom is -0.360 e. The average molecular weight is 296 g/mol. The topological polar surface area (TPSA) is 96.5 Å². The highest BCUT2D eigenvalue weighted by Crippen LogP contribution is 2.24. The SMILES string of the molecule is N#CC1CN(C(=O)c2ccc([N+](=O)[O-])cc2Cl)CCO1. The number of ether oxygens (including phenoxy) is 1. The number of benzene rings is 1. The number of rotatable bonds is 2. The fourth-order valence-electron chi connectivity index (χ4n) is 1.87. The van der Waals surface area contributed by atoms with Crippen molar-refractivity contribution in [3.05, 3.63) is 38.9 Å². The van der Waals surface area contributed by atoms with Crippen molar-refractivity contribution < 1.29 is 14.5 Å². The van der Waals surface area contributed by atoms with Crippen molar-refractivity contribution >= 4 is 23.2 Å². The van der Waals surface area contributed by atoms with E-state index < -0.39 is 11.0 Å². The third-order valence-corrected chi connectivity index (χ3v) is 3.20. The van der Waals surface area contributed by atoms with E-state index >= 15 is 0 Å². The molecule has 0 bridgehead atoms. The summed E-state index contributed by atoms with van der Waals surface area (Å²) in [5, 5.41) is 19.4. The minimum absolute atomic E-state index is 0.0178. The van der Waals surface area contributed by atoms with Crippen LogP contribution in [0, 0.1) is 21.4 Å². The van der Waals surface area contributed by atoms with E-state index in [9.17, 15) is 14.9 Å². The molecule has 1 heterocycles. The number of carbonyl (C=O) groups excluding carboxylic acids is 1. The van der Waals surface area contributed by atoms with E-state index in [4.69, 9.17) is 21.6 Å². The van der Waals surface area contributed by atoms with Crippen molar-refractivity contribution in [2.75, 3.05) is 19.7 Å². The van der Waals surface area contributed by atoms with Gasteiger partial charge in [0.2, 0.25) is 0 Å². The highest BCUT2D eigenvalue weighted by atomic mass is 35.5. The highest BCUT2D eigenvalue weighted by Gasteiger charge is 2.26. The summed E-state index contributed by atoms with van der Waals surface area (Å²) >= 11 is 5.91. The molecule has 0 aromatic heterocycles. The number of nitro groups is 1. The lowest BCUT2D eigenvalue weighted by Crippen LogP contribution is -2.45. The largest absolute Gasteiger partial charge is 0.360 e. The lowest BCUT2D eigenvalue weighted by atomic mass is 10.1. The molecule has 1 fully saturated rings. The van der Waals surface area contributed by atoms with Crippen LogP contribution in [0.5, 0.6) is 0 Å². The monoisotopic (exact) mass is 295 g/mol. The predicted molar refractivity (Wildman–Crippen MR) is 69.4 cm³/mol. The zero-order chi connectivity index (χ0) is 14.7. The molecule has 0 aliphatic carbocycles. The van der Waals surface area contributed by atoms with Gasteiger partial charge in [-0.15, -0.1) is 0 Å². The molecule has 1 aromatic carbocycles. The number of carbonyl (C=O) groups is 1. The van der Waals surface area contributed by atoms with Crippen molar-refractivity contribution in [1.82, 2.24) is 4.90 Å². The first-order valence-corrected chi connectivity index (χ1v) is 6.15. The van der Waals surface area contributed by atoms with Crippen LogP contribution in [0.4, 0.5) is 5.69 Å². The third kappa shape index (κ3) is 2.87. The summed E-state index contributed by atoms with van der Waals surface area (Å²) in [6.07, 6.45) is -0.662. The van der Waals surface area contributed by atoms with E-state index in [1.165, 1.54) is 17.0 Å². The molecule has 1 amide bonds. The van der Waals surface area contributed by atoms with E-state index in [-0.39, 0.29) is 35.3 Å². The number of amides is 1. The molecule has 104 valence electrons. The molecule has 0 spiro atoms. The predicted octanol–water partition coefficient (Wildman–Crippen LogP) is 1.61. The first-order valence-electron chi connectivity index (χ1n) is 5.77. The molecule has 7 nitrogen and oxygen atoms in total. The zero-order valence-corrected chi connectivity index (χ0v) is 11.0. The van der Waals surface area contributed by atoms with Gasteiger partial charge in [0.05, 0.1) is 34.7 Å². The molecule has 1 aromatic rings. The van der Waals surface area contributed by atoms with Gasteiger partial charge in [0.25, 0.3) is 11.6 Å². The zero-order valence-electron chi connectivity index (χ0n) is 10.3. The summed E-state index contributed by atoms with van der Waals surface area (Å²) in [6, 6.07) is 5.62. The fourth-order valence-corrected chi connectivity index (χ4v) is 2.13. The van der Waals surface area contributed by atoms with Gasteiger partial charge in [-0.3, -0.25) is 14.9 Å². The summed E-state index contributed by atoms with van der Waals surface area (Å²) in [5.41, 5.74) is -0.000662. The van der Waals surface area contributed by atoms with Gasteiger partial charge in [0.1, 0.15) is 0 Å². The van der Waals surface area contributed by atoms with Crippen LogP contribution in [-0.2, 0) is 4.74 Å². The van der Waals surface area contributed by atoms with Gasteiger partial charge < -0.3 is 9.64 Å². The van der Waals surface area contributed by atoms with Gasteiger partial charge in [0.15, 0.2) is 6.10 Å². The molecular formula is C12H10ClN3O4. The molecule has 0 saturated carbocycles. The van der Waals surface area contributed by atoms with E-state index in [0.29, 0.717) is 6.54 Å². The van der Waals surface area contributed by atoms with Gasteiger partial charge in [0, 0.05) is 18.7 Å². The van der Waals surface area contributed by atoms with E-state index in [1.807, 2.05) is 6.07 Å². The summed E-state index contributed by atoms with van der Waals surface area (Å²) in [5.74, 6) is -0.367. The molecule has 1 saturated heterocycles. The number of nitrogens with zero attached hydrogens (tertiary/aromatic N) is 3. The van der Waals surface area contributed by atoms with Crippen LogP contribution in [0.15, 0.2) is 18.2 Å². The van der Waals surface area contributed by atoms with Crippen LogP contribution >= 0.6 is 11.6 Å². The van der Waals surface area contributed by atoms with Crippen LogP contribution in [0.1, 0.15) is 10.4 Å². The summed E-state index contributed by atoms with van der Waals surface area (Å²) in [7, 11) is 0. The molecule has 1 aliphatic heterocycles. The van der Waals surface area contributed by atoms with Crippen molar-refractivity contribution in [3.8, 4) is 6.07 Å². The second-order valence-electron chi connectivity index (χ2n) is 4.16. The molecule has 2 rings (SSSR count). The lowest BCUT2D eigenvalue weighted by molar-refractivity contribution is -0.384. The Morgan fingerprint density at radius 3 is 2.95 bits per heavy atom. The van der Waals surface area contributed by atoms with Crippen molar-refractivity contribution in [1.29, 1.82) is 5.26 Å². The standard InChI is InChI=1S/C12H10ClN3O4/c13-11-5-8(16(18)19)1-2-10(11)12(17)15-3-4-20-9(6-14)7-15/h1-2,5,9H,3-4,7H2. The highest BCUT2D eigenvalue weighted by molar-refractivity contribution is 6.34. The number of halogens is 1. The third-order valence-electron chi connectivity index (χ3n) is 2.89. The summed E-state index contributed by atoms with van der Waals surface area (Å²) in [4.78, 5) is 23.8. The molecule has 1 atom stereocenters. The van der Waals surface area contributed by atoms with Gasteiger partial charge in [-0.1, -0.05) is 11.6 Å². The van der Waals surface area contributed by atoms with Crippen LogP contribution in [-0.4, -0.2) is 41.5 Å². The number of hydrogen-bond donors (Lipinski definition) is 0. The molecule has 0 N–H and O–H groups in total. The Balaban J connectivity index is 2.21. The van der Waals surface area contributed by atoms with Crippen LogP contribution in [0.25, 0.3) is 0 Å². The second kappa shape index (κ2) is 5.86. The molecular weight excluding hydrogens is 286 g/mol. The number of non-ortho nitro benzene ring substituents is 1. The maximum absolute atomic E-state index is 12.3. The number of nitro benzene ring substituents is 1. The van der Waals surface area contributed by atoms with E-state index in [1.54, 1.807) is 0 Å². The van der Waals surface area contributed by atoms with Gasteiger partial charge in [-0.05, 0) is 6.07 Å². The quantitative estimate of drug-likeness (QED) is 0.610. The molecule has 8 heteroatoms. The Kier molecular flexibility index (Phi) is 4.17. The van der Waals surface area contributed by atoms with Crippen molar-refractivity contribution in [2.24, 2.45) is 0 Å². The van der Waals surface area contributed by atoms with Crippen LogP contribution in [0.2, 0.25) is 5.02 Å². The smallest absolute Gasteiger partial charge is 0.270 e. The maximum Gasteiger partial charge on any atom is 0.270 e. The molecule has 1 unspecified atom stereocenters. The van der Waals surface area contributed by atoms with Crippen LogP contribution < -0.4 is 0 Å². The summed E-state index contributed by atoms with van der Waals surface area (Å²) < 4.78 is 5.15. The van der Waals surface area contributed by atoms with Crippen LogP contribution in [0.3, 0.4) is 0 Å². The fraction of sp³-hybridized carbons (Fsp3) is 0.333. The number of hydrogen-bond acceptors (Lipinski definition) is 5. The molecule has 20 heavy (non-hydrogen) atoms. The van der Waals surface area contributed by atoms with Gasteiger partial charge >= 0.3 is 0 Å². The Bertz CT molecular complexity index is 599. The minimum atomic E-state index is -0.662. The Morgan fingerprint density at radius 1 is 1.60 bits per heavy atom. The van der Waals surface area contributed by atoms with E-state index in [2.05, 4.69) is 0 Å². The molecule has 0 radical (unpaired) electrons. The Hall–Kier alpha value is -2.17. The Morgan fingerprint density at radius 2 is 2.35 bits per heavy atom. The van der Waals surface area contributed by atoms with Gasteiger partial charge in [-0.2, -0.15) is 5.26 Å². The van der Waals surface area contributed by atoms with Crippen molar-refractivity contribution in [3.63, 3.8) is 0 Å². The lowest BCUT2D eigenvalue weighted by Gasteiger charge is -2.30. The van der Waals surface area contributed by atoms with Crippen molar-refractivity contribution in [2.45, 2.75) is 6.10 Å². The summed E-state index contributed by atoms with van der Waals surface area (Å²) in [6.45, 7) is 0.779. The van der Waals surface area contributed by atoms with Gasteiger partial charge in [-0.25, -0.2) is 0 Å². The first-order chi connectivity index (χ1) is 9.52. The maximum atomic E-state index is 12.3.